The lowest BCUT2D eigenvalue weighted by Gasteiger charge is -2.15. The zero-order valence-electron chi connectivity index (χ0n) is 13.6. The van der Waals surface area contributed by atoms with Crippen LogP contribution in [-0.4, -0.2) is 18.6 Å². The summed E-state index contributed by atoms with van der Waals surface area (Å²) in [5, 5.41) is 2.84. The van der Waals surface area contributed by atoms with E-state index in [0.717, 1.165) is 12.1 Å². The Morgan fingerprint density at radius 2 is 1.88 bits per heavy atom. The van der Waals surface area contributed by atoms with Crippen molar-refractivity contribution in [3.05, 3.63) is 65.5 Å². The van der Waals surface area contributed by atoms with Gasteiger partial charge in [0.2, 0.25) is 5.91 Å². The molecule has 0 bridgehead atoms. The number of hydrogen-bond acceptors (Lipinski definition) is 2. The van der Waals surface area contributed by atoms with Gasteiger partial charge in [0.1, 0.15) is 18.2 Å². The van der Waals surface area contributed by atoms with Crippen LogP contribution in [0.25, 0.3) is 0 Å². The molecule has 1 aliphatic carbocycles. The molecule has 6 heteroatoms. The molecule has 0 saturated heterocycles. The number of rotatable bonds is 6. The number of carbonyl (C=O) groups excluding carboxylic acids is 1. The highest BCUT2D eigenvalue weighted by Gasteiger charge is 2.44. The molecule has 1 N–H and O–H groups in total. The Morgan fingerprint density at radius 3 is 2.56 bits per heavy atom. The number of nitrogens with one attached hydrogen (secondary N) is 1. The predicted octanol–water partition coefficient (Wildman–Crippen LogP) is 3.79. The Hall–Kier alpha value is -2.50. The number of benzene rings is 2. The lowest BCUT2D eigenvalue weighted by Crippen LogP contribution is -2.37. The zero-order valence-corrected chi connectivity index (χ0v) is 13.6. The summed E-state index contributed by atoms with van der Waals surface area (Å²) in [6.07, 6.45) is 0.614. The Labute approximate surface area is 143 Å². The summed E-state index contributed by atoms with van der Waals surface area (Å²) in [5.41, 5.74) is 0.634. The van der Waals surface area contributed by atoms with Crippen LogP contribution in [-0.2, 0) is 4.79 Å². The first kappa shape index (κ1) is 17.3. The van der Waals surface area contributed by atoms with Crippen LogP contribution < -0.4 is 10.1 Å². The Balaban J connectivity index is 1.47. The fourth-order valence-electron chi connectivity index (χ4n) is 2.74. The molecule has 1 amide bonds. The van der Waals surface area contributed by atoms with Crippen LogP contribution in [0.2, 0.25) is 0 Å². The largest absolute Gasteiger partial charge is 0.491 e. The molecular formula is C19H18F3NO2. The molecule has 0 aromatic heterocycles. The van der Waals surface area contributed by atoms with E-state index in [2.05, 4.69) is 5.32 Å². The molecule has 0 spiro atoms. The van der Waals surface area contributed by atoms with E-state index in [9.17, 15) is 18.0 Å². The second-order valence-electron chi connectivity index (χ2n) is 6.30. The van der Waals surface area contributed by atoms with E-state index in [0.29, 0.717) is 17.7 Å². The summed E-state index contributed by atoms with van der Waals surface area (Å²) in [4.78, 5) is 12.2. The monoisotopic (exact) mass is 349 g/mol. The molecule has 3 rings (SSSR count). The molecule has 1 fully saturated rings. The van der Waals surface area contributed by atoms with Crippen LogP contribution in [0.3, 0.4) is 0 Å². The van der Waals surface area contributed by atoms with Gasteiger partial charge >= 0.3 is 0 Å². The molecule has 3 nitrogen and oxygen atoms in total. The molecule has 2 aromatic rings. The number of amides is 1. The number of hydrogen-bond donors (Lipinski definition) is 1. The number of ether oxygens (including phenoxy) is 1. The smallest absolute Gasteiger partial charge is 0.224 e. The first-order chi connectivity index (χ1) is 11.9. The maximum Gasteiger partial charge on any atom is 0.224 e. The minimum atomic E-state index is -0.898. The summed E-state index contributed by atoms with van der Waals surface area (Å²) in [6, 6.07) is 9.14. The van der Waals surface area contributed by atoms with Crippen molar-refractivity contribution < 1.29 is 22.7 Å². The molecule has 0 heterocycles. The second-order valence-corrected chi connectivity index (χ2v) is 6.30. The average Bonchev–Trinajstić information content (AvgIpc) is 3.38. The third-order valence-electron chi connectivity index (χ3n) is 4.20. The van der Waals surface area contributed by atoms with Gasteiger partial charge in [0.05, 0.1) is 6.04 Å². The lowest BCUT2D eigenvalue weighted by atomic mass is 10.1. The molecule has 2 aromatic carbocycles. The zero-order chi connectivity index (χ0) is 18.0. The van der Waals surface area contributed by atoms with Crippen molar-refractivity contribution in [3.8, 4) is 5.75 Å². The van der Waals surface area contributed by atoms with Crippen molar-refractivity contribution in [3.63, 3.8) is 0 Å². The highest BCUT2D eigenvalue weighted by molar-refractivity contribution is 5.83. The van der Waals surface area contributed by atoms with Gasteiger partial charge in [-0.05, 0) is 61.2 Å². The minimum Gasteiger partial charge on any atom is -0.491 e. The van der Waals surface area contributed by atoms with Gasteiger partial charge in [0, 0.05) is 5.92 Å². The summed E-state index contributed by atoms with van der Waals surface area (Å²) < 4.78 is 44.6. The minimum absolute atomic E-state index is 0.0830. The molecule has 1 saturated carbocycles. The number of halogens is 3. The second kappa shape index (κ2) is 7.17. The molecule has 0 aliphatic heterocycles. The van der Waals surface area contributed by atoms with Gasteiger partial charge in [-0.2, -0.15) is 0 Å². The van der Waals surface area contributed by atoms with Crippen molar-refractivity contribution >= 4 is 5.91 Å². The summed E-state index contributed by atoms with van der Waals surface area (Å²) in [5.74, 6) is -2.07. The third kappa shape index (κ3) is 4.32. The fraction of sp³-hybridized carbons (Fsp3) is 0.316. The van der Waals surface area contributed by atoms with E-state index in [1.807, 2.05) is 0 Å². The molecule has 3 unspecified atom stereocenters. The van der Waals surface area contributed by atoms with E-state index < -0.39 is 11.6 Å². The highest BCUT2D eigenvalue weighted by atomic mass is 19.2. The van der Waals surface area contributed by atoms with Crippen LogP contribution in [0.1, 0.15) is 24.8 Å². The maximum absolute atomic E-state index is 13.3. The third-order valence-corrected chi connectivity index (χ3v) is 4.20. The van der Waals surface area contributed by atoms with E-state index in [1.54, 1.807) is 6.92 Å². The van der Waals surface area contributed by atoms with Gasteiger partial charge in [0.25, 0.3) is 0 Å². The standard InChI is InChI=1S/C19H18F3NO2/c1-11(10-25-14-5-3-13(20)4-6-14)23-19(24)16-9-15(16)12-2-7-17(21)18(22)8-12/h2-8,11,15-16H,9-10H2,1H3,(H,23,24). The Morgan fingerprint density at radius 1 is 1.16 bits per heavy atom. The topological polar surface area (TPSA) is 38.3 Å². The van der Waals surface area contributed by atoms with Gasteiger partial charge in [-0.25, -0.2) is 13.2 Å². The average molecular weight is 349 g/mol. The molecule has 3 atom stereocenters. The Bertz CT molecular complexity index is 764. The van der Waals surface area contributed by atoms with E-state index in [4.69, 9.17) is 4.74 Å². The molecule has 0 radical (unpaired) electrons. The van der Waals surface area contributed by atoms with E-state index in [1.165, 1.54) is 30.3 Å². The molecule has 1 aliphatic rings. The summed E-state index contributed by atoms with van der Waals surface area (Å²) in [7, 11) is 0. The predicted molar refractivity (Wildman–Crippen MR) is 86.7 cm³/mol. The first-order valence-electron chi connectivity index (χ1n) is 8.07. The summed E-state index contributed by atoms with van der Waals surface area (Å²) in [6.45, 7) is 2.05. The maximum atomic E-state index is 13.3. The van der Waals surface area contributed by atoms with Crippen LogP contribution >= 0.6 is 0 Å². The van der Waals surface area contributed by atoms with Gasteiger partial charge in [-0.1, -0.05) is 6.07 Å². The number of carbonyl (C=O) groups is 1. The Kier molecular flexibility index (Phi) is 4.97. The van der Waals surface area contributed by atoms with Gasteiger partial charge < -0.3 is 10.1 Å². The van der Waals surface area contributed by atoms with Gasteiger partial charge in [-0.3, -0.25) is 4.79 Å². The van der Waals surface area contributed by atoms with Gasteiger partial charge in [-0.15, -0.1) is 0 Å². The lowest BCUT2D eigenvalue weighted by molar-refractivity contribution is -0.123. The SMILES string of the molecule is CC(COc1ccc(F)cc1)NC(=O)C1CC1c1ccc(F)c(F)c1. The normalized spacial score (nSPS) is 20.0. The quantitative estimate of drug-likeness (QED) is 0.862. The van der Waals surface area contributed by atoms with Crippen molar-refractivity contribution in [2.75, 3.05) is 6.61 Å². The fourth-order valence-corrected chi connectivity index (χ4v) is 2.74. The van der Waals surface area contributed by atoms with Crippen molar-refractivity contribution in [1.29, 1.82) is 0 Å². The van der Waals surface area contributed by atoms with Crippen LogP contribution in [0, 0.1) is 23.4 Å². The molecule has 132 valence electrons. The highest BCUT2D eigenvalue weighted by Crippen LogP contribution is 2.47. The van der Waals surface area contributed by atoms with Crippen LogP contribution in [0.15, 0.2) is 42.5 Å². The van der Waals surface area contributed by atoms with Crippen LogP contribution in [0.4, 0.5) is 13.2 Å². The van der Waals surface area contributed by atoms with Gasteiger partial charge in [0.15, 0.2) is 11.6 Å². The first-order valence-corrected chi connectivity index (χ1v) is 8.07. The molecular weight excluding hydrogens is 331 g/mol. The van der Waals surface area contributed by atoms with Crippen LogP contribution in [0.5, 0.6) is 5.75 Å². The van der Waals surface area contributed by atoms with Crippen molar-refractivity contribution in [1.82, 2.24) is 5.32 Å². The van der Waals surface area contributed by atoms with Crippen molar-refractivity contribution in [2.24, 2.45) is 5.92 Å². The summed E-state index contributed by atoms with van der Waals surface area (Å²) >= 11 is 0. The van der Waals surface area contributed by atoms with Crippen molar-refractivity contribution in [2.45, 2.75) is 25.3 Å². The van der Waals surface area contributed by atoms with E-state index in [-0.39, 0.29) is 36.2 Å². The van der Waals surface area contributed by atoms with E-state index >= 15 is 0 Å². The molecule has 25 heavy (non-hydrogen) atoms.